The molecule has 0 bridgehead atoms. The van der Waals surface area contributed by atoms with Crippen molar-refractivity contribution in [1.82, 2.24) is 4.98 Å². The fourth-order valence-electron chi connectivity index (χ4n) is 1.47. The number of rotatable bonds is 7. The molecule has 0 saturated heterocycles. The molecule has 0 fully saturated rings. The number of anilines is 1. The topological polar surface area (TPSA) is 77.3 Å². The van der Waals surface area contributed by atoms with Crippen LogP contribution in [0.3, 0.4) is 0 Å². The minimum Gasteiger partial charge on any atom is -0.385 e. The maximum absolute atomic E-state index is 10.8. The molecule has 0 atom stereocenters. The first-order valence-electron chi connectivity index (χ1n) is 5.78. The van der Waals surface area contributed by atoms with Crippen molar-refractivity contribution in [2.24, 2.45) is 5.41 Å². The number of hydrogen-bond donors (Lipinski definition) is 1. The summed E-state index contributed by atoms with van der Waals surface area (Å²) in [5, 5.41) is 13.9. The largest absolute Gasteiger partial charge is 0.385 e. The lowest BCUT2D eigenvalue weighted by Gasteiger charge is -2.24. The van der Waals surface area contributed by atoms with Crippen LogP contribution in [0.15, 0.2) is 18.3 Å². The lowest BCUT2D eigenvalue weighted by Crippen LogP contribution is -2.25. The van der Waals surface area contributed by atoms with Crippen LogP contribution in [0.5, 0.6) is 0 Å². The van der Waals surface area contributed by atoms with E-state index in [9.17, 15) is 10.1 Å². The zero-order chi connectivity index (χ0) is 13.6. The Balaban J connectivity index is 2.65. The van der Waals surface area contributed by atoms with Gasteiger partial charge in [-0.05, 0) is 17.9 Å². The highest BCUT2D eigenvalue weighted by Crippen LogP contribution is 2.24. The standard InChI is InChI=1S/C12H19N3O3/c1-12(2,6-8-18-3)9-14-11-10(15(16)17)5-4-7-13-11/h4-5,7H,6,8-9H2,1-3H3,(H,13,14). The number of nitro groups is 1. The number of aromatic nitrogens is 1. The summed E-state index contributed by atoms with van der Waals surface area (Å²) in [4.78, 5) is 14.4. The Bertz CT molecular complexity index is 407. The van der Waals surface area contributed by atoms with Crippen LogP contribution in [0.4, 0.5) is 11.5 Å². The minimum atomic E-state index is -0.433. The highest BCUT2D eigenvalue weighted by atomic mass is 16.6. The Hall–Kier alpha value is -1.69. The van der Waals surface area contributed by atoms with Gasteiger partial charge in [0.2, 0.25) is 5.82 Å². The molecule has 0 aliphatic carbocycles. The highest BCUT2D eigenvalue weighted by molar-refractivity contribution is 5.55. The van der Waals surface area contributed by atoms with E-state index in [1.165, 1.54) is 12.3 Å². The molecule has 6 heteroatoms. The molecule has 1 N–H and O–H groups in total. The van der Waals surface area contributed by atoms with E-state index >= 15 is 0 Å². The fraction of sp³-hybridized carbons (Fsp3) is 0.583. The summed E-state index contributed by atoms with van der Waals surface area (Å²) in [6, 6.07) is 3.00. The summed E-state index contributed by atoms with van der Waals surface area (Å²) in [5.41, 5.74) is -0.0125. The van der Waals surface area contributed by atoms with E-state index in [-0.39, 0.29) is 11.1 Å². The molecule has 0 aromatic carbocycles. The molecule has 0 aliphatic heterocycles. The van der Waals surface area contributed by atoms with Gasteiger partial charge >= 0.3 is 5.69 Å². The molecule has 18 heavy (non-hydrogen) atoms. The lowest BCUT2D eigenvalue weighted by atomic mass is 9.90. The number of ether oxygens (including phenoxy) is 1. The maximum atomic E-state index is 10.8. The van der Waals surface area contributed by atoms with E-state index in [0.29, 0.717) is 19.0 Å². The first-order valence-corrected chi connectivity index (χ1v) is 5.78. The van der Waals surface area contributed by atoms with Gasteiger partial charge in [-0.25, -0.2) is 4.98 Å². The predicted molar refractivity (Wildman–Crippen MR) is 69.7 cm³/mol. The van der Waals surface area contributed by atoms with Gasteiger partial charge in [-0.1, -0.05) is 13.8 Å². The molecular formula is C12H19N3O3. The maximum Gasteiger partial charge on any atom is 0.311 e. The van der Waals surface area contributed by atoms with Crippen LogP contribution in [0.25, 0.3) is 0 Å². The Morgan fingerprint density at radius 2 is 2.28 bits per heavy atom. The van der Waals surface area contributed by atoms with Gasteiger partial charge in [-0.2, -0.15) is 0 Å². The van der Waals surface area contributed by atoms with Gasteiger partial charge in [0.05, 0.1) is 4.92 Å². The van der Waals surface area contributed by atoms with Crippen molar-refractivity contribution in [3.05, 3.63) is 28.4 Å². The molecular weight excluding hydrogens is 234 g/mol. The zero-order valence-electron chi connectivity index (χ0n) is 11.0. The lowest BCUT2D eigenvalue weighted by molar-refractivity contribution is -0.384. The number of pyridine rings is 1. The van der Waals surface area contributed by atoms with E-state index in [2.05, 4.69) is 24.1 Å². The predicted octanol–water partition coefficient (Wildman–Crippen LogP) is 2.46. The molecule has 0 unspecified atom stereocenters. The van der Waals surface area contributed by atoms with Gasteiger partial charge in [0.15, 0.2) is 0 Å². The molecule has 1 aromatic heterocycles. The van der Waals surface area contributed by atoms with Gasteiger partial charge in [0, 0.05) is 32.5 Å². The fourth-order valence-corrected chi connectivity index (χ4v) is 1.47. The van der Waals surface area contributed by atoms with Crippen LogP contribution in [0, 0.1) is 15.5 Å². The number of hydrogen-bond acceptors (Lipinski definition) is 5. The van der Waals surface area contributed by atoms with E-state index in [1.54, 1.807) is 13.2 Å². The quantitative estimate of drug-likeness (QED) is 0.596. The Labute approximate surface area is 107 Å². The molecule has 0 amide bonds. The molecule has 0 radical (unpaired) electrons. The second-order valence-corrected chi connectivity index (χ2v) is 4.89. The molecule has 1 heterocycles. The third-order valence-electron chi connectivity index (χ3n) is 2.70. The van der Waals surface area contributed by atoms with Gasteiger partial charge in [-0.3, -0.25) is 10.1 Å². The van der Waals surface area contributed by atoms with Crippen LogP contribution in [-0.4, -0.2) is 30.2 Å². The smallest absolute Gasteiger partial charge is 0.311 e. The molecule has 1 aromatic rings. The molecule has 1 rings (SSSR count). The monoisotopic (exact) mass is 253 g/mol. The first-order chi connectivity index (χ1) is 8.46. The van der Waals surface area contributed by atoms with Crippen molar-refractivity contribution in [2.45, 2.75) is 20.3 Å². The molecule has 100 valence electrons. The summed E-state index contributed by atoms with van der Waals surface area (Å²) in [6.07, 6.45) is 2.41. The van der Waals surface area contributed by atoms with E-state index in [4.69, 9.17) is 4.74 Å². The van der Waals surface area contributed by atoms with Crippen LogP contribution in [-0.2, 0) is 4.74 Å². The van der Waals surface area contributed by atoms with Crippen LogP contribution < -0.4 is 5.32 Å². The highest BCUT2D eigenvalue weighted by Gasteiger charge is 2.20. The second kappa shape index (κ2) is 6.30. The van der Waals surface area contributed by atoms with Gasteiger partial charge in [0.1, 0.15) is 0 Å². The molecule has 0 aliphatic rings. The van der Waals surface area contributed by atoms with Crippen molar-refractivity contribution in [1.29, 1.82) is 0 Å². The molecule has 0 saturated carbocycles. The number of nitrogens with zero attached hydrogens (tertiary/aromatic N) is 2. The summed E-state index contributed by atoms with van der Waals surface area (Å²) < 4.78 is 5.04. The molecule has 6 nitrogen and oxygen atoms in total. The normalized spacial score (nSPS) is 11.3. The SMILES string of the molecule is COCCC(C)(C)CNc1ncccc1[N+](=O)[O-]. The Morgan fingerprint density at radius 3 is 2.89 bits per heavy atom. The summed E-state index contributed by atoms with van der Waals surface area (Å²) >= 11 is 0. The summed E-state index contributed by atoms with van der Waals surface area (Å²) in [6.45, 7) is 5.43. The summed E-state index contributed by atoms with van der Waals surface area (Å²) in [5.74, 6) is 0.313. The Kier molecular flexibility index (Phi) is 5.03. The van der Waals surface area contributed by atoms with Crippen LogP contribution in [0.1, 0.15) is 20.3 Å². The number of nitrogens with one attached hydrogen (secondary N) is 1. The van der Waals surface area contributed by atoms with Gasteiger partial charge in [-0.15, -0.1) is 0 Å². The van der Waals surface area contributed by atoms with Gasteiger partial charge in [0.25, 0.3) is 0 Å². The minimum absolute atomic E-state index is 0.0000384. The van der Waals surface area contributed by atoms with E-state index in [0.717, 1.165) is 6.42 Å². The second-order valence-electron chi connectivity index (χ2n) is 4.89. The van der Waals surface area contributed by atoms with Crippen molar-refractivity contribution in [2.75, 3.05) is 25.6 Å². The van der Waals surface area contributed by atoms with Crippen molar-refractivity contribution >= 4 is 11.5 Å². The third kappa shape index (κ3) is 4.29. The number of methoxy groups -OCH3 is 1. The zero-order valence-corrected chi connectivity index (χ0v) is 11.0. The van der Waals surface area contributed by atoms with Gasteiger partial charge < -0.3 is 10.1 Å². The van der Waals surface area contributed by atoms with Crippen molar-refractivity contribution in [3.63, 3.8) is 0 Å². The first kappa shape index (κ1) is 14.4. The average Bonchev–Trinajstić information content (AvgIpc) is 2.34. The van der Waals surface area contributed by atoms with Crippen molar-refractivity contribution < 1.29 is 9.66 Å². The molecule has 0 spiro atoms. The van der Waals surface area contributed by atoms with E-state index in [1.807, 2.05) is 0 Å². The third-order valence-corrected chi connectivity index (χ3v) is 2.70. The average molecular weight is 253 g/mol. The van der Waals surface area contributed by atoms with Crippen molar-refractivity contribution in [3.8, 4) is 0 Å². The van der Waals surface area contributed by atoms with Crippen LogP contribution in [0.2, 0.25) is 0 Å². The summed E-state index contributed by atoms with van der Waals surface area (Å²) in [7, 11) is 1.66. The van der Waals surface area contributed by atoms with Crippen LogP contribution >= 0.6 is 0 Å². The van der Waals surface area contributed by atoms with E-state index < -0.39 is 4.92 Å². The Morgan fingerprint density at radius 1 is 1.56 bits per heavy atom.